The van der Waals surface area contributed by atoms with Crippen molar-refractivity contribution in [1.82, 2.24) is 9.88 Å². The Balaban J connectivity index is 1.57. The second-order valence-corrected chi connectivity index (χ2v) is 6.91. The number of morpholine rings is 1. The number of aromatic nitrogens is 1. The molecule has 0 N–H and O–H groups in total. The predicted octanol–water partition coefficient (Wildman–Crippen LogP) is 1.23. The first-order valence-corrected chi connectivity index (χ1v) is 8.68. The van der Waals surface area contributed by atoms with E-state index in [2.05, 4.69) is 16.9 Å². The Bertz CT molecular complexity index is 478. The van der Waals surface area contributed by atoms with Gasteiger partial charge < -0.3 is 14.4 Å². The summed E-state index contributed by atoms with van der Waals surface area (Å²) in [6.45, 7) is 3.83. The molecule has 2 fully saturated rings. The van der Waals surface area contributed by atoms with E-state index in [9.17, 15) is 4.79 Å². The lowest BCUT2D eigenvalue weighted by atomic mass is 10.2. The minimum Gasteiger partial charge on any atom is -0.374 e. The summed E-state index contributed by atoms with van der Waals surface area (Å²) in [5.74, 6) is 0.629. The van der Waals surface area contributed by atoms with Gasteiger partial charge in [-0.2, -0.15) is 0 Å². The zero-order valence-electron chi connectivity index (χ0n) is 12.9. The molecule has 0 radical (unpaired) electrons. The standard InChI is InChI=1S/C15H23N3O3S/c1-17-5-6-21-13(8-17)9-18(15-16-4-7-22-15)14(19)11-20-10-12-2-3-12/h4,7,12-13H,2-3,5-6,8-11H2,1H3. The smallest absolute Gasteiger partial charge is 0.254 e. The molecular formula is C15H23N3O3S. The molecule has 1 saturated carbocycles. The number of likely N-dealkylation sites (N-methyl/N-ethyl adjacent to an activating group) is 1. The fourth-order valence-electron chi connectivity index (χ4n) is 2.49. The molecule has 1 amide bonds. The van der Waals surface area contributed by atoms with E-state index in [0.717, 1.165) is 18.2 Å². The summed E-state index contributed by atoms with van der Waals surface area (Å²) in [4.78, 5) is 20.7. The van der Waals surface area contributed by atoms with Gasteiger partial charge in [0, 0.05) is 24.7 Å². The molecule has 1 unspecified atom stereocenters. The highest BCUT2D eigenvalue weighted by atomic mass is 32.1. The average Bonchev–Trinajstić information content (AvgIpc) is 3.16. The van der Waals surface area contributed by atoms with Crippen LogP contribution in [0.15, 0.2) is 11.6 Å². The number of amides is 1. The average molecular weight is 325 g/mol. The van der Waals surface area contributed by atoms with Gasteiger partial charge in [-0.15, -0.1) is 11.3 Å². The van der Waals surface area contributed by atoms with Crippen LogP contribution in [0, 0.1) is 5.92 Å². The summed E-state index contributed by atoms with van der Waals surface area (Å²) >= 11 is 1.47. The Morgan fingerprint density at radius 3 is 3.14 bits per heavy atom. The van der Waals surface area contributed by atoms with Gasteiger partial charge in [0.15, 0.2) is 5.13 Å². The first kappa shape index (κ1) is 15.9. The summed E-state index contributed by atoms with van der Waals surface area (Å²) in [5, 5.41) is 2.60. The van der Waals surface area contributed by atoms with Crippen LogP contribution in [-0.2, 0) is 14.3 Å². The number of anilines is 1. The van der Waals surface area contributed by atoms with Crippen molar-refractivity contribution >= 4 is 22.4 Å². The molecule has 7 heteroatoms. The molecule has 2 heterocycles. The minimum atomic E-state index is -0.0348. The van der Waals surface area contributed by atoms with Crippen molar-refractivity contribution in [3.8, 4) is 0 Å². The number of carbonyl (C=O) groups is 1. The fourth-order valence-corrected chi connectivity index (χ4v) is 3.16. The van der Waals surface area contributed by atoms with E-state index in [1.54, 1.807) is 11.1 Å². The molecule has 1 saturated heterocycles. The Hall–Kier alpha value is -1.02. The molecule has 6 nitrogen and oxygen atoms in total. The van der Waals surface area contributed by atoms with Gasteiger partial charge in [-0.1, -0.05) is 0 Å². The third kappa shape index (κ3) is 4.49. The van der Waals surface area contributed by atoms with Gasteiger partial charge in [-0.25, -0.2) is 4.98 Å². The molecular weight excluding hydrogens is 302 g/mol. The number of hydrogen-bond donors (Lipinski definition) is 0. The monoisotopic (exact) mass is 325 g/mol. The van der Waals surface area contributed by atoms with Crippen molar-refractivity contribution < 1.29 is 14.3 Å². The highest BCUT2D eigenvalue weighted by Crippen LogP contribution is 2.28. The molecule has 1 aromatic rings. The Morgan fingerprint density at radius 1 is 1.59 bits per heavy atom. The van der Waals surface area contributed by atoms with Crippen LogP contribution in [-0.4, -0.2) is 68.4 Å². The Morgan fingerprint density at radius 2 is 2.45 bits per heavy atom. The van der Waals surface area contributed by atoms with Crippen molar-refractivity contribution in [2.45, 2.75) is 18.9 Å². The number of rotatable bonds is 7. The topological polar surface area (TPSA) is 54.9 Å². The SMILES string of the molecule is CN1CCOC(CN(C(=O)COCC2CC2)c2nccs2)C1. The maximum atomic E-state index is 12.5. The molecule has 3 rings (SSSR count). The fraction of sp³-hybridized carbons (Fsp3) is 0.733. The maximum Gasteiger partial charge on any atom is 0.254 e. The van der Waals surface area contributed by atoms with E-state index in [1.807, 2.05) is 5.38 Å². The van der Waals surface area contributed by atoms with Crippen LogP contribution in [0.4, 0.5) is 5.13 Å². The van der Waals surface area contributed by atoms with Gasteiger partial charge in [-0.05, 0) is 25.8 Å². The lowest BCUT2D eigenvalue weighted by Gasteiger charge is -2.33. The van der Waals surface area contributed by atoms with E-state index >= 15 is 0 Å². The van der Waals surface area contributed by atoms with E-state index < -0.39 is 0 Å². The molecule has 22 heavy (non-hydrogen) atoms. The molecule has 2 aliphatic rings. The lowest BCUT2D eigenvalue weighted by molar-refractivity contribution is -0.124. The zero-order valence-corrected chi connectivity index (χ0v) is 13.8. The summed E-state index contributed by atoms with van der Waals surface area (Å²) < 4.78 is 11.3. The number of ether oxygens (including phenoxy) is 2. The van der Waals surface area contributed by atoms with Gasteiger partial charge in [0.05, 0.1) is 25.9 Å². The molecule has 1 atom stereocenters. The molecule has 0 bridgehead atoms. The van der Waals surface area contributed by atoms with Gasteiger partial charge in [0.25, 0.3) is 5.91 Å². The molecule has 1 aromatic heterocycles. The Labute approximate surface area is 135 Å². The number of carbonyl (C=O) groups excluding carboxylic acids is 1. The van der Waals surface area contributed by atoms with Crippen LogP contribution in [0.5, 0.6) is 0 Å². The quantitative estimate of drug-likeness (QED) is 0.755. The molecule has 0 aromatic carbocycles. The third-order valence-corrected chi connectivity index (χ3v) is 4.75. The van der Waals surface area contributed by atoms with Gasteiger partial charge >= 0.3 is 0 Å². The summed E-state index contributed by atoms with van der Waals surface area (Å²) in [5.41, 5.74) is 0. The normalized spacial score (nSPS) is 22.7. The third-order valence-electron chi connectivity index (χ3n) is 3.96. The van der Waals surface area contributed by atoms with Crippen LogP contribution in [0.2, 0.25) is 0 Å². The van der Waals surface area contributed by atoms with Gasteiger partial charge in [-0.3, -0.25) is 9.69 Å². The van der Waals surface area contributed by atoms with Crippen molar-refractivity contribution in [2.75, 3.05) is 51.4 Å². The zero-order chi connectivity index (χ0) is 15.4. The predicted molar refractivity (Wildman–Crippen MR) is 85.2 cm³/mol. The van der Waals surface area contributed by atoms with Crippen LogP contribution in [0.3, 0.4) is 0 Å². The van der Waals surface area contributed by atoms with E-state index in [4.69, 9.17) is 9.47 Å². The number of thiazole rings is 1. The highest BCUT2D eigenvalue weighted by molar-refractivity contribution is 7.13. The first-order valence-electron chi connectivity index (χ1n) is 7.80. The molecule has 1 aliphatic carbocycles. The highest BCUT2D eigenvalue weighted by Gasteiger charge is 2.27. The van der Waals surface area contributed by atoms with Crippen LogP contribution in [0.25, 0.3) is 0 Å². The van der Waals surface area contributed by atoms with E-state index in [1.165, 1.54) is 24.2 Å². The van der Waals surface area contributed by atoms with Crippen molar-refractivity contribution in [3.63, 3.8) is 0 Å². The van der Waals surface area contributed by atoms with Gasteiger partial charge in [0.1, 0.15) is 6.61 Å². The van der Waals surface area contributed by atoms with Gasteiger partial charge in [0.2, 0.25) is 0 Å². The minimum absolute atomic E-state index is 0.0232. The maximum absolute atomic E-state index is 12.5. The molecule has 122 valence electrons. The molecule has 0 spiro atoms. The summed E-state index contributed by atoms with van der Waals surface area (Å²) in [6, 6.07) is 0. The van der Waals surface area contributed by atoms with Crippen LogP contribution >= 0.6 is 11.3 Å². The number of nitrogens with zero attached hydrogens (tertiary/aromatic N) is 3. The summed E-state index contributed by atoms with van der Waals surface area (Å²) in [6.07, 6.45) is 4.20. The first-order chi connectivity index (χ1) is 10.7. The Kier molecular flexibility index (Phi) is 5.41. The summed E-state index contributed by atoms with van der Waals surface area (Å²) in [7, 11) is 2.07. The molecule has 1 aliphatic heterocycles. The van der Waals surface area contributed by atoms with E-state index in [-0.39, 0.29) is 18.6 Å². The van der Waals surface area contributed by atoms with Crippen LogP contribution in [0.1, 0.15) is 12.8 Å². The second kappa shape index (κ2) is 7.50. The second-order valence-electron chi connectivity index (χ2n) is 6.03. The van der Waals surface area contributed by atoms with Crippen molar-refractivity contribution in [1.29, 1.82) is 0 Å². The van der Waals surface area contributed by atoms with E-state index in [0.29, 0.717) is 25.7 Å². The number of hydrogen-bond acceptors (Lipinski definition) is 6. The lowest BCUT2D eigenvalue weighted by Crippen LogP contribution is -2.48. The van der Waals surface area contributed by atoms with Crippen molar-refractivity contribution in [3.05, 3.63) is 11.6 Å². The van der Waals surface area contributed by atoms with Crippen LogP contribution < -0.4 is 4.90 Å². The van der Waals surface area contributed by atoms with Crippen molar-refractivity contribution in [2.24, 2.45) is 5.92 Å². The largest absolute Gasteiger partial charge is 0.374 e.